The van der Waals surface area contributed by atoms with Crippen molar-refractivity contribution >= 4 is 11.6 Å². The molecule has 0 saturated heterocycles. The van der Waals surface area contributed by atoms with Crippen LogP contribution >= 0.6 is 0 Å². The molecule has 1 aromatic carbocycles. The Hall–Kier alpha value is -1.51. The molecule has 0 radical (unpaired) electrons. The molecule has 0 bridgehead atoms. The van der Waals surface area contributed by atoms with Crippen molar-refractivity contribution in [1.29, 1.82) is 0 Å². The van der Waals surface area contributed by atoms with Gasteiger partial charge in [-0.15, -0.1) is 0 Å². The minimum atomic E-state index is -0.524. The van der Waals surface area contributed by atoms with Gasteiger partial charge in [0.05, 0.1) is 5.41 Å². The Morgan fingerprint density at radius 3 is 2.48 bits per heavy atom. The average molecular weight is 288 g/mol. The molecule has 2 rings (SSSR count). The van der Waals surface area contributed by atoms with Gasteiger partial charge in [0.1, 0.15) is 0 Å². The monoisotopic (exact) mass is 288 g/mol. The Morgan fingerprint density at radius 2 is 1.86 bits per heavy atom. The molecule has 0 aromatic heterocycles. The van der Waals surface area contributed by atoms with Crippen LogP contribution in [-0.2, 0) is 10.2 Å². The standard InChI is InChI=1S/C18H28N2O/c1-4-13-7-5-6-8-16(13)20-17(21)18(2,3)14-9-11-15(19)12-10-14/h9-13,16H,4-8,19H2,1-3H3,(H,20,21). The van der Waals surface area contributed by atoms with E-state index in [9.17, 15) is 4.79 Å². The van der Waals surface area contributed by atoms with Crippen molar-refractivity contribution in [2.75, 3.05) is 5.73 Å². The van der Waals surface area contributed by atoms with Gasteiger partial charge in [-0.1, -0.05) is 38.3 Å². The third-order valence-corrected chi connectivity index (χ3v) is 4.95. The van der Waals surface area contributed by atoms with Crippen molar-refractivity contribution in [2.45, 2.75) is 64.3 Å². The van der Waals surface area contributed by atoms with E-state index in [4.69, 9.17) is 5.73 Å². The summed E-state index contributed by atoms with van der Waals surface area (Å²) in [5, 5.41) is 3.30. The lowest BCUT2D eigenvalue weighted by atomic mass is 9.80. The zero-order valence-corrected chi connectivity index (χ0v) is 13.5. The number of hydrogen-bond acceptors (Lipinski definition) is 2. The average Bonchev–Trinajstić information content (AvgIpc) is 2.48. The van der Waals surface area contributed by atoms with Crippen LogP contribution in [0.1, 0.15) is 58.4 Å². The Kier molecular flexibility index (Phi) is 4.92. The molecule has 21 heavy (non-hydrogen) atoms. The number of rotatable bonds is 4. The molecule has 1 saturated carbocycles. The Bertz CT molecular complexity index is 478. The van der Waals surface area contributed by atoms with Gasteiger partial charge in [-0.2, -0.15) is 0 Å². The normalized spacial score (nSPS) is 22.8. The number of nitrogens with two attached hydrogens (primary N) is 1. The summed E-state index contributed by atoms with van der Waals surface area (Å²) in [5.74, 6) is 0.752. The first-order chi connectivity index (χ1) is 9.95. The fourth-order valence-electron chi connectivity index (χ4n) is 3.27. The molecule has 1 fully saturated rings. The predicted molar refractivity (Wildman–Crippen MR) is 88.1 cm³/mol. The molecule has 0 aliphatic heterocycles. The molecule has 1 aromatic rings. The van der Waals surface area contributed by atoms with E-state index in [1.165, 1.54) is 19.3 Å². The zero-order chi connectivity index (χ0) is 15.5. The Balaban J connectivity index is 2.08. The topological polar surface area (TPSA) is 55.1 Å². The van der Waals surface area contributed by atoms with Crippen molar-refractivity contribution in [3.05, 3.63) is 29.8 Å². The summed E-state index contributed by atoms with van der Waals surface area (Å²) in [5.41, 5.74) is 6.95. The number of carbonyl (C=O) groups is 1. The summed E-state index contributed by atoms with van der Waals surface area (Å²) < 4.78 is 0. The second kappa shape index (κ2) is 6.50. The van der Waals surface area contributed by atoms with Crippen molar-refractivity contribution in [3.63, 3.8) is 0 Å². The van der Waals surface area contributed by atoms with Crippen LogP contribution in [0.25, 0.3) is 0 Å². The molecular formula is C18H28N2O. The van der Waals surface area contributed by atoms with Crippen molar-refractivity contribution in [1.82, 2.24) is 5.32 Å². The van der Waals surface area contributed by atoms with E-state index in [2.05, 4.69) is 12.2 Å². The summed E-state index contributed by atoms with van der Waals surface area (Å²) in [6, 6.07) is 7.96. The number of anilines is 1. The maximum atomic E-state index is 12.7. The molecule has 1 aliphatic carbocycles. The molecule has 1 amide bonds. The second-order valence-electron chi connectivity index (χ2n) is 6.78. The van der Waals surface area contributed by atoms with Gasteiger partial charge in [-0.05, 0) is 50.3 Å². The molecule has 3 N–H and O–H groups in total. The highest BCUT2D eigenvalue weighted by atomic mass is 16.2. The first kappa shape index (κ1) is 15.9. The maximum absolute atomic E-state index is 12.7. The Morgan fingerprint density at radius 1 is 1.24 bits per heavy atom. The van der Waals surface area contributed by atoms with E-state index in [0.717, 1.165) is 24.1 Å². The van der Waals surface area contributed by atoms with Crippen LogP contribution in [0.5, 0.6) is 0 Å². The number of nitrogen functional groups attached to an aromatic ring is 1. The van der Waals surface area contributed by atoms with Crippen LogP contribution in [-0.4, -0.2) is 11.9 Å². The van der Waals surface area contributed by atoms with E-state index >= 15 is 0 Å². The van der Waals surface area contributed by atoms with Crippen molar-refractivity contribution in [2.24, 2.45) is 5.92 Å². The van der Waals surface area contributed by atoms with Crippen molar-refractivity contribution < 1.29 is 4.79 Å². The number of amides is 1. The van der Waals surface area contributed by atoms with Gasteiger partial charge in [-0.3, -0.25) is 4.79 Å². The summed E-state index contributed by atoms with van der Waals surface area (Å²) >= 11 is 0. The van der Waals surface area contributed by atoms with Gasteiger partial charge in [0.2, 0.25) is 5.91 Å². The number of hydrogen-bond donors (Lipinski definition) is 2. The zero-order valence-electron chi connectivity index (χ0n) is 13.5. The van der Waals surface area contributed by atoms with Gasteiger partial charge in [0, 0.05) is 11.7 Å². The molecule has 3 nitrogen and oxygen atoms in total. The van der Waals surface area contributed by atoms with Crippen molar-refractivity contribution in [3.8, 4) is 0 Å². The fourth-order valence-corrected chi connectivity index (χ4v) is 3.27. The van der Waals surface area contributed by atoms with Gasteiger partial charge < -0.3 is 11.1 Å². The van der Waals surface area contributed by atoms with Crippen LogP contribution in [0.15, 0.2) is 24.3 Å². The lowest BCUT2D eigenvalue weighted by molar-refractivity contribution is -0.127. The van der Waals surface area contributed by atoms with Gasteiger partial charge in [-0.25, -0.2) is 0 Å². The van der Waals surface area contributed by atoms with E-state index in [0.29, 0.717) is 12.0 Å². The molecule has 0 heterocycles. The first-order valence-corrected chi connectivity index (χ1v) is 8.12. The van der Waals surface area contributed by atoms with E-state index in [1.54, 1.807) is 0 Å². The van der Waals surface area contributed by atoms with Crippen LogP contribution in [0.3, 0.4) is 0 Å². The third-order valence-electron chi connectivity index (χ3n) is 4.95. The lowest BCUT2D eigenvalue weighted by Crippen LogP contribution is -2.48. The summed E-state index contributed by atoms with van der Waals surface area (Å²) in [6.07, 6.45) is 6.02. The first-order valence-electron chi connectivity index (χ1n) is 8.12. The second-order valence-corrected chi connectivity index (χ2v) is 6.78. The molecule has 2 unspecified atom stereocenters. The fraction of sp³-hybridized carbons (Fsp3) is 0.611. The molecule has 0 spiro atoms. The van der Waals surface area contributed by atoms with Crippen LogP contribution in [0.2, 0.25) is 0 Å². The molecular weight excluding hydrogens is 260 g/mol. The predicted octanol–water partition coefficient (Wildman–Crippen LogP) is 3.63. The maximum Gasteiger partial charge on any atom is 0.230 e. The van der Waals surface area contributed by atoms with E-state index in [1.807, 2.05) is 38.1 Å². The smallest absolute Gasteiger partial charge is 0.230 e. The quantitative estimate of drug-likeness (QED) is 0.831. The highest BCUT2D eigenvalue weighted by Crippen LogP contribution is 2.29. The van der Waals surface area contributed by atoms with Crippen LogP contribution in [0.4, 0.5) is 5.69 Å². The number of nitrogens with one attached hydrogen (secondary N) is 1. The minimum absolute atomic E-state index is 0.123. The summed E-state index contributed by atoms with van der Waals surface area (Å²) in [6.45, 7) is 6.19. The molecule has 116 valence electrons. The summed E-state index contributed by atoms with van der Waals surface area (Å²) in [7, 11) is 0. The Labute approximate surface area is 128 Å². The van der Waals surface area contributed by atoms with E-state index in [-0.39, 0.29) is 5.91 Å². The van der Waals surface area contributed by atoms with Gasteiger partial charge in [0.25, 0.3) is 0 Å². The van der Waals surface area contributed by atoms with Gasteiger partial charge in [0.15, 0.2) is 0 Å². The van der Waals surface area contributed by atoms with Gasteiger partial charge >= 0.3 is 0 Å². The highest BCUT2D eigenvalue weighted by Gasteiger charge is 2.33. The molecule has 1 aliphatic rings. The highest BCUT2D eigenvalue weighted by molar-refractivity contribution is 5.87. The van der Waals surface area contributed by atoms with Crippen LogP contribution in [0, 0.1) is 5.92 Å². The summed E-state index contributed by atoms with van der Waals surface area (Å²) in [4.78, 5) is 12.7. The lowest BCUT2D eigenvalue weighted by Gasteiger charge is -2.34. The largest absolute Gasteiger partial charge is 0.399 e. The number of carbonyl (C=O) groups excluding carboxylic acids is 1. The number of benzene rings is 1. The molecule has 2 atom stereocenters. The van der Waals surface area contributed by atoms with E-state index < -0.39 is 5.41 Å². The minimum Gasteiger partial charge on any atom is -0.399 e. The SMILES string of the molecule is CCC1CCCCC1NC(=O)C(C)(C)c1ccc(N)cc1. The third kappa shape index (κ3) is 3.58. The van der Waals surface area contributed by atoms with Crippen LogP contribution < -0.4 is 11.1 Å². The molecule has 3 heteroatoms.